The molecular formula is C27H21ClFN3O5. The summed E-state index contributed by atoms with van der Waals surface area (Å²) in [7, 11) is 0. The fraction of sp³-hybridized carbons (Fsp3) is 0.111. The van der Waals surface area contributed by atoms with Gasteiger partial charge in [0.25, 0.3) is 17.7 Å². The Hall–Kier alpha value is -4.50. The van der Waals surface area contributed by atoms with E-state index in [4.69, 9.17) is 16.3 Å². The van der Waals surface area contributed by atoms with E-state index in [1.54, 1.807) is 0 Å². The van der Waals surface area contributed by atoms with Gasteiger partial charge in [0.05, 0.1) is 10.7 Å². The maximum absolute atomic E-state index is 13.3. The highest BCUT2D eigenvalue weighted by molar-refractivity contribution is 6.39. The molecule has 3 aromatic carbocycles. The van der Waals surface area contributed by atoms with Crippen molar-refractivity contribution in [2.75, 3.05) is 16.8 Å². The lowest BCUT2D eigenvalue weighted by Gasteiger charge is -2.26. The number of amides is 5. The zero-order chi connectivity index (χ0) is 26.7. The van der Waals surface area contributed by atoms with E-state index in [9.17, 15) is 23.6 Å². The van der Waals surface area contributed by atoms with Crippen LogP contribution < -0.4 is 20.3 Å². The number of ether oxygens (including phenoxy) is 1. The van der Waals surface area contributed by atoms with Crippen LogP contribution in [0.5, 0.6) is 5.75 Å². The number of nitrogens with zero attached hydrogens (tertiary/aromatic N) is 1. The predicted octanol–water partition coefficient (Wildman–Crippen LogP) is 4.78. The molecule has 0 radical (unpaired) electrons. The topological polar surface area (TPSA) is 105 Å². The summed E-state index contributed by atoms with van der Waals surface area (Å²) in [6, 6.07) is 13.9. The number of anilines is 2. The highest BCUT2D eigenvalue weighted by atomic mass is 35.5. The summed E-state index contributed by atoms with van der Waals surface area (Å²) in [4.78, 5) is 50.6. The van der Waals surface area contributed by atoms with Crippen LogP contribution >= 0.6 is 11.6 Å². The molecule has 3 aromatic rings. The van der Waals surface area contributed by atoms with E-state index in [-0.39, 0.29) is 34.5 Å². The normalized spacial score (nSPS) is 14.5. The van der Waals surface area contributed by atoms with E-state index in [1.807, 2.05) is 32.0 Å². The van der Waals surface area contributed by atoms with Gasteiger partial charge < -0.3 is 10.1 Å². The molecule has 8 nitrogen and oxygen atoms in total. The molecule has 0 aromatic heterocycles. The van der Waals surface area contributed by atoms with Gasteiger partial charge in [0, 0.05) is 5.69 Å². The van der Waals surface area contributed by atoms with Crippen LogP contribution in [0.3, 0.4) is 0 Å². The first-order valence-electron chi connectivity index (χ1n) is 11.1. The third-order valence-corrected chi connectivity index (χ3v) is 5.77. The van der Waals surface area contributed by atoms with E-state index in [0.29, 0.717) is 11.3 Å². The second kappa shape index (κ2) is 10.6. The number of hydrogen-bond acceptors (Lipinski definition) is 5. The zero-order valence-corrected chi connectivity index (χ0v) is 20.6. The number of rotatable bonds is 6. The van der Waals surface area contributed by atoms with Crippen LogP contribution in [0.4, 0.5) is 20.6 Å². The van der Waals surface area contributed by atoms with Gasteiger partial charge in [0.15, 0.2) is 6.61 Å². The quantitative estimate of drug-likeness (QED) is 0.359. The fourth-order valence-electron chi connectivity index (χ4n) is 3.57. The average Bonchev–Trinajstić information content (AvgIpc) is 2.84. The SMILES string of the molecule is Cc1ccc(C)c(NC(=O)COc2ccc(/C=C3\C(=O)NC(=O)N(c4ccc(F)cc4)C3=O)cc2Cl)c1. The number of hydrogen-bond donors (Lipinski definition) is 2. The Morgan fingerprint density at radius 1 is 1.05 bits per heavy atom. The highest BCUT2D eigenvalue weighted by Crippen LogP contribution is 2.28. The predicted molar refractivity (Wildman–Crippen MR) is 137 cm³/mol. The molecule has 188 valence electrons. The lowest BCUT2D eigenvalue weighted by Crippen LogP contribution is -2.54. The summed E-state index contributed by atoms with van der Waals surface area (Å²) >= 11 is 6.30. The number of benzene rings is 3. The number of barbiturate groups is 1. The maximum atomic E-state index is 13.3. The molecule has 1 heterocycles. The minimum absolute atomic E-state index is 0.100. The van der Waals surface area contributed by atoms with Gasteiger partial charge in [-0.25, -0.2) is 14.1 Å². The third-order valence-electron chi connectivity index (χ3n) is 5.48. The third kappa shape index (κ3) is 5.84. The molecule has 37 heavy (non-hydrogen) atoms. The first kappa shape index (κ1) is 25.6. The number of halogens is 2. The first-order chi connectivity index (χ1) is 17.6. The number of imide groups is 2. The van der Waals surface area contributed by atoms with Crippen LogP contribution in [-0.2, 0) is 14.4 Å². The summed E-state index contributed by atoms with van der Waals surface area (Å²) in [5, 5.41) is 5.02. The Morgan fingerprint density at radius 2 is 1.78 bits per heavy atom. The van der Waals surface area contributed by atoms with Gasteiger partial charge in [0.1, 0.15) is 17.1 Å². The summed E-state index contributed by atoms with van der Waals surface area (Å²) in [5.74, 6) is -2.44. The van der Waals surface area contributed by atoms with E-state index < -0.39 is 23.7 Å². The molecule has 0 saturated carbocycles. The molecule has 0 aliphatic carbocycles. The molecule has 4 rings (SSSR count). The van der Waals surface area contributed by atoms with E-state index in [2.05, 4.69) is 10.6 Å². The molecular weight excluding hydrogens is 501 g/mol. The van der Waals surface area contributed by atoms with Crippen molar-refractivity contribution in [3.63, 3.8) is 0 Å². The molecule has 1 fully saturated rings. The van der Waals surface area contributed by atoms with Gasteiger partial charge >= 0.3 is 6.03 Å². The average molecular weight is 522 g/mol. The highest BCUT2D eigenvalue weighted by Gasteiger charge is 2.36. The molecule has 10 heteroatoms. The summed E-state index contributed by atoms with van der Waals surface area (Å²) in [6.45, 7) is 3.51. The van der Waals surface area contributed by atoms with Crippen molar-refractivity contribution in [2.24, 2.45) is 0 Å². The van der Waals surface area contributed by atoms with E-state index >= 15 is 0 Å². The molecule has 0 atom stereocenters. The molecule has 0 spiro atoms. The van der Waals surface area contributed by atoms with Crippen LogP contribution in [0.15, 0.2) is 66.2 Å². The van der Waals surface area contributed by atoms with Gasteiger partial charge in [-0.2, -0.15) is 0 Å². The number of nitrogens with one attached hydrogen (secondary N) is 2. The van der Waals surface area contributed by atoms with Gasteiger partial charge in [-0.05, 0) is 79.1 Å². The second-order valence-corrected chi connectivity index (χ2v) is 8.69. The molecule has 0 bridgehead atoms. The van der Waals surface area contributed by atoms with Crippen LogP contribution in [0.2, 0.25) is 5.02 Å². The number of carbonyl (C=O) groups excluding carboxylic acids is 4. The van der Waals surface area contributed by atoms with Crippen LogP contribution in [0.1, 0.15) is 16.7 Å². The zero-order valence-electron chi connectivity index (χ0n) is 19.8. The standard InChI is InChI=1S/C27H21ClFN3O5/c1-15-3-4-16(2)22(11-15)30-24(33)14-37-23-10-5-17(13-21(23)28)12-20-25(34)31-27(36)32(26(20)35)19-8-6-18(29)7-9-19/h3-13H,14H2,1-2H3,(H,30,33)(H,31,34,36)/b20-12+. The molecule has 5 amide bonds. The van der Waals surface area contributed by atoms with Gasteiger partial charge in [-0.1, -0.05) is 29.8 Å². The van der Waals surface area contributed by atoms with Crippen molar-refractivity contribution >= 4 is 52.8 Å². The van der Waals surface area contributed by atoms with Crippen LogP contribution in [0, 0.1) is 19.7 Å². The van der Waals surface area contributed by atoms with Crippen molar-refractivity contribution in [2.45, 2.75) is 13.8 Å². The van der Waals surface area contributed by atoms with Crippen molar-refractivity contribution in [1.29, 1.82) is 0 Å². The summed E-state index contributed by atoms with van der Waals surface area (Å²) < 4.78 is 18.8. The van der Waals surface area contributed by atoms with Crippen molar-refractivity contribution in [1.82, 2.24) is 5.32 Å². The second-order valence-electron chi connectivity index (χ2n) is 8.28. The first-order valence-corrected chi connectivity index (χ1v) is 11.5. The number of carbonyl (C=O) groups is 4. The lowest BCUT2D eigenvalue weighted by molar-refractivity contribution is -0.122. The van der Waals surface area contributed by atoms with E-state index in [0.717, 1.165) is 28.2 Å². The Labute approximate surface area is 216 Å². The Balaban J connectivity index is 1.47. The van der Waals surface area contributed by atoms with Gasteiger partial charge in [0.2, 0.25) is 0 Å². The Kier molecular flexibility index (Phi) is 7.35. The van der Waals surface area contributed by atoms with Gasteiger partial charge in [-0.15, -0.1) is 0 Å². The maximum Gasteiger partial charge on any atom is 0.335 e. The molecule has 0 unspecified atom stereocenters. The molecule has 1 saturated heterocycles. The van der Waals surface area contributed by atoms with Crippen molar-refractivity contribution in [3.8, 4) is 5.75 Å². The monoisotopic (exact) mass is 521 g/mol. The van der Waals surface area contributed by atoms with Crippen LogP contribution in [-0.4, -0.2) is 30.4 Å². The van der Waals surface area contributed by atoms with Crippen molar-refractivity contribution in [3.05, 3.63) is 93.8 Å². The van der Waals surface area contributed by atoms with E-state index in [1.165, 1.54) is 36.4 Å². The Bertz CT molecular complexity index is 1450. The summed E-state index contributed by atoms with van der Waals surface area (Å²) in [6.07, 6.45) is 1.27. The van der Waals surface area contributed by atoms with Gasteiger partial charge in [-0.3, -0.25) is 19.7 Å². The minimum atomic E-state index is -0.945. The van der Waals surface area contributed by atoms with Crippen LogP contribution in [0.25, 0.3) is 6.08 Å². The largest absolute Gasteiger partial charge is 0.482 e. The number of aryl methyl sites for hydroxylation is 2. The molecule has 2 N–H and O–H groups in total. The number of urea groups is 1. The molecule has 1 aliphatic heterocycles. The Morgan fingerprint density at radius 3 is 2.49 bits per heavy atom. The smallest absolute Gasteiger partial charge is 0.335 e. The van der Waals surface area contributed by atoms with Crippen molar-refractivity contribution < 1.29 is 28.3 Å². The fourth-order valence-corrected chi connectivity index (χ4v) is 3.82. The molecule has 1 aliphatic rings. The minimum Gasteiger partial charge on any atom is -0.482 e. The summed E-state index contributed by atoms with van der Waals surface area (Å²) in [5.41, 5.74) is 2.76. The lowest BCUT2D eigenvalue weighted by atomic mass is 10.1.